The number of thioether (sulfide) groups is 1. The zero-order valence-corrected chi connectivity index (χ0v) is 11.0. The van der Waals surface area contributed by atoms with Gasteiger partial charge in [0.25, 0.3) is 0 Å². The number of ether oxygens (including phenoxy) is 1. The first kappa shape index (κ1) is 13.8. The van der Waals surface area contributed by atoms with E-state index in [1.807, 2.05) is 25.6 Å². The quantitative estimate of drug-likeness (QED) is 0.694. The minimum atomic E-state index is -0.195. The zero-order valence-electron chi connectivity index (χ0n) is 10.2. The van der Waals surface area contributed by atoms with Gasteiger partial charge in [0, 0.05) is 37.7 Å². The van der Waals surface area contributed by atoms with E-state index in [1.54, 1.807) is 0 Å². The van der Waals surface area contributed by atoms with E-state index in [2.05, 4.69) is 10.2 Å². The van der Waals surface area contributed by atoms with Gasteiger partial charge in [-0.2, -0.15) is 11.8 Å². The van der Waals surface area contributed by atoms with Crippen LogP contribution in [0.5, 0.6) is 0 Å². The zero-order chi connectivity index (χ0) is 11.8. The van der Waals surface area contributed by atoms with Crippen molar-refractivity contribution >= 4 is 17.7 Å². The molecular weight excluding hydrogens is 224 g/mol. The monoisotopic (exact) mass is 246 g/mol. The Morgan fingerprint density at radius 2 is 2.19 bits per heavy atom. The number of nitrogens with zero attached hydrogens (tertiary/aromatic N) is 1. The minimum Gasteiger partial charge on any atom is -0.465 e. The van der Waals surface area contributed by atoms with Crippen LogP contribution in [0.4, 0.5) is 0 Å². The first-order valence-corrected chi connectivity index (χ1v) is 7.09. The molecule has 1 saturated heterocycles. The van der Waals surface area contributed by atoms with Crippen molar-refractivity contribution in [2.75, 3.05) is 44.3 Å². The van der Waals surface area contributed by atoms with E-state index >= 15 is 0 Å². The summed E-state index contributed by atoms with van der Waals surface area (Å²) in [5.74, 6) is 2.30. The van der Waals surface area contributed by atoms with Crippen LogP contribution in [0.2, 0.25) is 0 Å². The molecule has 1 aliphatic rings. The van der Waals surface area contributed by atoms with Crippen LogP contribution in [0.1, 0.15) is 13.8 Å². The van der Waals surface area contributed by atoms with Crippen molar-refractivity contribution in [1.29, 1.82) is 0 Å². The molecule has 4 nitrogen and oxygen atoms in total. The van der Waals surface area contributed by atoms with E-state index in [-0.39, 0.29) is 12.0 Å². The van der Waals surface area contributed by atoms with Gasteiger partial charge >= 0.3 is 5.97 Å². The number of hydrogen-bond acceptors (Lipinski definition) is 5. The fourth-order valence-corrected chi connectivity index (χ4v) is 2.59. The fourth-order valence-electron chi connectivity index (χ4n) is 1.61. The van der Waals surface area contributed by atoms with Crippen LogP contribution in [0.3, 0.4) is 0 Å². The molecule has 1 rings (SSSR count). The molecule has 0 saturated carbocycles. The highest BCUT2D eigenvalue weighted by Crippen LogP contribution is 2.07. The summed E-state index contributed by atoms with van der Waals surface area (Å²) in [5, 5.41) is 3.19. The summed E-state index contributed by atoms with van der Waals surface area (Å²) in [7, 11) is 0. The Kier molecular flexibility index (Phi) is 6.84. The van der Waals surface area contributed by atoms with Crippen molar-refractivity contribution < 1.29 is 9.53 Å². The van der Waals surface area contributed by atoms with Crippen LogP contribution >= 0.6 is 11.8 Å². The summed E-state index contributed by atoms with van der Waals surface area (Å²) in [4.78, 5) is 13.8. The van der Waals surface area contributed by atoms with Gasteiger partial charge in [0.2, 0.25) is 0 Å². The first-order chi connectivity index (χ1) is 7.74. The Labute approximate surface area is 102 Å². The van der Waals surface area contributed by atoms with Gasteiger partial charge in [-0.3, -0.25) is 4.79 Å². The van der Waals surface area contributed by atoms with Crippen molar-refractivity contribution in [2.24, 2.45) is 0 Å². The molecule has 1 atom stereocenters. The number of hydrogen-bond donors (Lipinski definition) is 1. The van der Waals surface area contributed by atoms with E-state index in [0.717, 1.165) is 13.1 Å². The maximum atomic E-state index is 11.3. The van der Waals surface area contributed by atoms with E-state index in [1.165, 1.54) is 24.6 Å². The average molecular weight is 246 g/mol. The van der Waals surface area contributed by atoms with Gasteiger partial charge in [0.05, 0.1) is 6.61 Å². The van der Waals surface area contributed by atoms with Gasteiger partial charge in [-0.15, -0.1) is 0 Å². The second kappa shape index (κ2) is 7.92. The second-order valence-electron chi connectivity index (χ2n) is 3.88. The minimum absolute atomic E-state index is 0.156. The van der Waals surface area contributed by atoms with E-state index in [9.17, 15) is 4.79 Å². The van der Waals surface area contributed by atoms with Crippen molar-refractivity contribution in [2.45, 2.75) is 19.9 Å². The van der Waals surface area contributed by atoms with E-state index in [4.69, 9.17) is 4.74 Å². The summed E-state index contributed by atoms with van der Waals surface area (Å²) >= 11 is 2.01. The summed E-state index contributed by atoms with van der Waals surface area (Å²) in [6, 6.07) is -0.195. The standard InChI is InChI=1S/C11H22N2O2S/c1-3-15-11(14)10(2)12-4-5-13-6-8-16-9-7-13/h10,12H,3-9H2,1-2H3. The highest BCUT2D eigenvalue weighted by Gasteiger charge is 2.14. The van der Waals surface area contributed by atoms with Gasteiger partial charge in [-0.25, -0.2) is 0 Å². The maximum absolute atomic E-state index is 11.3. The number of carbonyl (C=O) groups excluding carboxylic acids is 1. The van der Waals surface area contributed by atoms with Crippen LogP contribution in [-0.2, 0) is 9.53 Å². The number of nitrogens with one attached hydrogen (secondary N) is 1. The van der Waals surface area contributed by atoms with Gasteiger partial charge in [0.15, 0.2) is 0 Å². The van der Waals surface area contributed by atoms with Gasteiger partial charge in [0.1, 0.15) is 6.04 Å². The lowest BCUT2D eigenvalue weighted by Crippen LogP contribution is -2.42. The van der Waals surface area contributed by atoms with Crippen molar-refractivity contribution in [3.05, 3.63) is 0 Å². The van der Waals surface area contributed by atoms with Crippen LogP contribution in [-0.4, -0.2) is 61.2 Å². The smallest absolute Gasteiger partial charge is 0.322 e. The van der Waals surface area contributed by atoms with Crippen LogP contribution < -0.4 is 5.32 Å². The molecule has 0 radical (unpaired) electrons. The fraction of sp³-hybridized carbons (Fsp3) is 0.909. The molecule has 1 aliphatic heterocycles. The van der Waals surface area contributed by atoms with Crippen molar-refractivity contribution in [3.8, 4) is 0 Å². The Balaban J connectivity index is 2.07. The van der Waals surface area contributed by atoms with Gasteiger partial charge < -0.3 is 15.0 Å². The van der Waals surface area contributed by atoms with E-state index < -0.39 is 0 Å². The third-order valence-corrected chi connectivity index (χ3v) is 3.56. The summed E-state index contributed by atoms with van der Waals surface area (Å²) in [6.07, 6.45) is 0. The van der Waals surface area contributed by atoms with Crippen molar-refractivity contribution in [3.63, 3.8) is 0 Å². The summed E-state index contributed by atoms with van der Waals surface area (Å²) in [6.45, 7) is 8.34. The molecule has 1 heterocycles. The molecule has 0 spiro atoms. The van der Waals surface area contributed by atoms with Crippen LogP contribution in [0.15, 0.2) is 0 Å². The highest BCUT2D eigenvalue weighted by atomic mass is 32.2. The molecule has 1 N–H and O–H groups in total. The molecular formula is C11H22N2O2S. The molecule has 0 aromatic heterocycles. The number of carbonyl (C=O) groups is 1. The molecule has 16 heavy (non-hydrogen) atoms. The average Bonchev–Trinajstić information content (AvgIpc) is 2.30. The Morgan fingerprint density at radius 1 is 1.50 bits per heavy atom. The second-order valence-corrected chi connectivity index (χ2v) is 5.11. The largest absolute Gasteiger partial charge is 0.465 e. The molecule has 1 unspecified atom stereocenters. The Morgan fingerprint density at radius 3 is 2.81 bits per heavy atom. The van der Waals surface area contributed by atoms with Crippen LogP contribution in [0.25, 0.3) is 0 Å². The van der Waals surface area contributed by atoms with Crippen molar-refractivity contribution in [1.82, 2.24) is 10.2 Å². The first-order valence-electron chi connectivity index (χ1n) is 5.94. The summed E-state index contributed by atoms with van der Waals surface area (Å²) in [5.41, 5.74) is 0. The Bertz CT molecular complexity index is 208. The molecule has 0 aromatic carbocycles. The third-order valence-electron chi connectivity index (χ3n) is 2.62. The predicted octanol–water partition coefficient (Wildman–Crippen LogP) is 0.576. The number of esters is 1. The maximum Gasteiger partial charge on any atom is 0.322 e. The van der Waals surface area contributed by atoms with E-state index in [0.29, 0.717) is 6.61 Å². The molecule has 0 bridgehead atoms. The lowest BCUT2D eigenvalue weighted by atomic mass is 10.3. The molecule has 1 fully saturated rings. The van der Waals surface area contributed by atoms with Gasteiger partial charge in [-0.1, -0.05) is 0 Å². The predicted molar refractivity (Wildman–Crippen MR) is 67.9 cm³/mol. The number of rotatable bonds is 6. The molecule has 94 valence electrons. The lowest BCUT2D eigenvalue weighted by Gasteiger charge is -2.26. The lowest BCUT2D eigenvalue weighted by molar-refractivity contribution is -0.145. The Hall–Kier alpha value is -0.260. The normalized spacial score (nSPS) is 19.4. The SMILES string of the molecule is CCOC(=O)C(C)NCCN1CCSCC1. The van der Waals surface area contributed by atoms with Crippen LogP contribution in [0, 0.1) is 0 Å². The molecule has 0 amide bonds. The summed E-state index contributed by atoms with van der Waals surface area (Å²) < 4.78 is 4.93. The topological polar surface area (TPSA) is 41.6 Å². The molecule has 0 aromatic rings. The molecule has 0 aliphatic carbocycles. The molecule has 5 heteroatoms. The van der Waals surface area contributed by atoms with Gasteiger partial charge in [-0.05, 0) is 13.8 Å². The third kappa shape index (κ3) is 5.18. The highest BCUT2D eigenvalue weighted by molar-refractivity contribution is 7.99.